The van der Waals surface area contributed by atoms with Crippen LogP contribution in [0, 0.1) is 0 Å². The molecule has 264 valence electrons. The highest BCUT2D eigenvalue weighted by Crippen LogP contribution is 2.35. The van der Waals surface area contributed by atoms with Crippen molar-refractivity contribution in [3.05, 3.63) is 0 Å². The van der Waals surface area contributed by atoms with Crippen molar-refractivity contribution in [3.63, 3.8) is 0 Å². The van der Waals surface area contributed by atoms with E-state index in [1.165, 1.54) is 0 Å². The fourth-order valence-electron chi connectivity index (χ4n) is 4.73. The van der Waals surface area contributed by atoms with Gasteiger partial charge in [-0.3, -0.25) is 38.4 Å². The number of carbonyl (C=O) groups excluding carboxylic acids is 8. The molecule has 19 heteroatoms. The largest absolute Gasteiger partial charge is 0.463 e. The van der Waals surface area contributed by atoms with Gasteiger partial charge in [0.25, 0.3) is 0 Å². The van der Waals surface area contributed by atoms with E-state index in [9.17, 15) is 38.4 Å². The lowest BCUT2D eigenvalue weighted by atomic mass is 9.96. The Kier molecular flexibility index (Phi) is 14.5. The van der Waals surface area contributed by atoms with Gasteiger partial charge in [0.1, 0.15) is 25.4 Å². The first-order valence-corrected chi connectivity index (χ1v) is 14.2. The molecule has 2 fully saturated rings. The number of ether oxygens (including phenoxy) is 11. The molecule has 10 unspecified atom stereocenters. The van der Waals surface area contributed by atoms with E-state index in [0.717, 1.165) is 55.4 Å². The molecule has 10 atom stereocenters. The third kappa shape index (κ3) is 12.1. The van der Waals surface area contributed by atoms with E-state index in [1.807, 2.05) is 0 Å². The van der Waals surface area contributed by atoms with Crippen LogP contribution in [0.25, 0.3) is 0 Å². The third-order valence-corrected chi connectivity index (χ3v) is 6.17. The van der Waals surface area contributed by atoms with Crippen LogP contribution in [0.5, 0.6) is 0 Å². The van der Waals surface area contributed by atoms with Gasteiger partial charge in [-0.2, -0.15) is 0 Å². The Morgan fingerprint density at radius 1 is 0.383 bits per heavy atom. The van der Waals surface area contributed by atoms with Crippen LogP contribution in [0.15, 0.2) is 0 Å². The highest BCUT2D eigenvalue weighted by atomic mass is 16.8. The predicted octanol–water partition coefficient (Wildman–Crippen LogP) is -0.831. The first kappa shape index (κ1) is 38.8. The van der Waals surface area contributed by atoms with E-state index in [-0.39, 0.29) is 0 Å². The van der Waals surface area contributed by atoms with Gasteiger partial charge in [-0.25, -0.2) is 0 Å². The zero-order valence-electron chi connectivity index (χ0n) is 26.9. The van der Waals surface area contributed by atoms with Crippen molar-refractivity contribution < 1.29 is 90.5 Å². The molecule has 2 aliphatic heterocycles. The van der Waals surface area contributed by atoms with E-state index in [0.29, 0.717) is 0 Å². The van der Waals surface area contributed by atoms with Gasteiger partial charge < -0.3 is 52.1 Å². The molecule has 0 amide bonds. The van der Waals surface area contributed by atoms with E-state index in [2.05, 4.69) is 0 Å². The molecule has 2 saturated heterocycles. The monoisotopic (exact) mass is 678 g/mol. The van der Waals surface area contributed by atoms with Crippen molar-refractivity contribution in [2.45, 2.75) is 117 Å². The van der Waals surface area contributed by atoms with E-state index >= 15 is 0 Å². The SMILES string of the molecule is CC(=O)OCC1OC(OC2C(OC(C)=O)OC(COC(C)=O)C(OC(C)=O)C2OC(C)=O)C(OC(C)=O)C(OC(C)=O)C1OC(C)=O. The number of rotatable bonds is 12. The lowest BCUT2D eigenvalue weighted by molar-refractivity contribution is -0.363. The van der Waals surface area contributed by atoms with Gasteiger partial charge in [-0.15, -0.1) is 0 Å². The maximum Gasteiger partial charge on any atom is 0.305 e. The van der Waals surface area contributed by atoms with E-state index in [1.54, 1.807) is 0 Å². The van der Waals surface area contributed by atoms with Crippen molar-refractivity contribution in [3.8, 4) is 0 Å². The summed E-state index contributed by atoms with van der Waals surface area (Å²) in [6, 6.07) is 0. The summed E-state index contributed by atoms with van der Waals surface area (Å²) in [5.74, 6) is -7.02. The standard InChI is InChI=1S/C28H38O19/c1-11(29)37-9-19-22(40-14(4)32)24(42-16(6)34)26(27(45-19)44-18(8)36)47-28-25(43-17(7)35)23(41-15(5)33)21(39-13(3)31)20(46-28)10-38-12(2)30/h19-28H,9-10H2,1-8H3. The molecule has 47 heavy (non-hydrogen) atoms. The Morgan fingerprint density at radius 3 is 1.06 bits per heavy atom. The Bertz CT molecular complexity index is 1200. The fraction of sp³-hybridized carbons (Fsp3) is 0.714. The van der Waals surface area contributed by atoms with Crippen LogP contribution in [0.2, 0.25) is 0 Å². The molecule has 19 nitrogen and oxygen atoms in total. The lowest BCUT2D eigenvalue weighted by Gasteiger charge is -2.48. The van der Waals surface area contributed by atoms with E-state index < -0.39 is 122 Å². The Hall–Kier alpha value is -4.36. The summed E-state index contributed by atoms with van der Waals surface area (Å²) in [5.41, 5.74) is 0. The summed E-state index contributed by atoms with van der Waals surface area (Å²) >= 11 is 0. The molecule has 2 rings (SSSR count). The highest BCUT2D eigenvalue weighted by Gasteiger charge is 2.58. The maximum atomic E-state index is 12.3. The number of hydrogen-bond donors (Lipinski definition) is 0. The maximum absolute atomic E-state index is 12.3. The first-order chi connectivity index (χ1) is 21.9. The summed E-state index contributed by atoms with van der Waals surface area (Å²) in [6.07, 6.45) is -16.4. The topological polar surface area (TPSA) is 238 Å². The van der Waals surface area contributed by atoms with Gasteiger partial charge in [0.15, 0.2) is 42.9 Å². The molecular formula is C28H38O19. The van der Waals surface area contributed by atoms with Crippen molar-refractivity contribution in [1.82, 2.24) is 0 Å². The van der Waals surface area contributed by atoms with Crippen molar-refractivity contribution in [2.75, 3.05) is 13.2 Å². The van der Waals surface area contributed by atoms with Crippen molar-refractivity contribution in [1.29, 1.82) is 0 Å². The van der Waals surface area contributed by atoms with Crippen LogP contribution in [-0.2, 0) is 90.5 Å². The summed E-state index contributed by atoms with van der Waals surface area (Å²) in [4.78, 5) is 96.3. The normalized spacial score (nSPS) is 30.0. The van der Waals surface area contributed by atoms with E-state index in [4.69, 9.17) is 52.1 Å². The van der Waals surface area contributed by atoms with Gasteiger partial charge in [0.05, 0.1) is 0 Å². The third-order valence-electron chi connectivity index (χ3n) is 6.17. The van der Waals surface area contributed by atoms with Crippen molar-refractivity contribution in [2.24, 2.45) is 0 Å². The summed E-state index contributed by atoms with van der Waals surface area (Å²) in [5, 5.41) is 0. The molecule has 0 aromatic carbocycles. The van der Waals surface area contributed by atoms with Crippen LogP contribution in [0.1, 0.15) is 55.4 Å². The Balaban J connectivity index is 2.72. The molecule has 0 aliphatic carbocycles. The second-order valence-electron chi connectivity index (χ2n) is 10.3. The summed E-state index contributed by atoms with van der Waals surface area (Å²) in [7, 11) is 0. The van der Waals surface area contributed by atoms with Crippen LogP contribution < -0.4 is 0 Å². The zero-order chi connectivity index (χ0) is 35.6. The first-order valence-electron chi connectivity index (χ1n) is 14.2. The van der Waals surface area contributed by atoms with Gasteiger partial charge in [0, 0.05) is 55.4 Å². The molecule has 0 N–H and O–H groups in total. The lowest BCUT2D eigenvalue weighted by Crippen LogP contribution is -2.67. The average molecular weight is 679 g/mol. The minimum atomic E-state index is -1.86. The van der Waals surface area contributed by atoms with Gasteiger partial charge in [-0.1, -0.05) is 0 Å². The van der Waals surface area contributed by atoms with Crippen LogP contribution >= 0.6 is 0 Å². The highest BCUT2D eigenvalue weighted by molar-refractivity contribution is 5.69. The molecule has 0 bridgehead atoms. The Morgan fingerprint density at radius 2 is 0.702 bits per heavy atom. The molecule has 2 heterocycles. The summed E-state index contributed by atoms with van der Waals surface area (Å²) in [6.45, 7) is 7.10. The van der Waals surface area contributed by atoms with Crippen LogP contribution in [-0.4, -0.2) is 122 Å². The minimum absolute atomic E-state index is 0.561. The average Bonchev–Trinajstić information content (AvgIpc) is 2.91. The Labute approximate surface area is 268 Å². The van der Waals surface area contributed by atoms with Gasteiger partial charge in [0.2, 0.25) is 6.29 Å². The van der Waals surface area contributed by atoms with Crippen LogP contribution in [0.3, 0.4) is 0 Å². The molecule has 0 aromatic heterocycles. The fourth-order valence-corrected chi connectivity index (χ4v) is 4.73. The number of carbonyl (C=O) groups is 8. The van der Waals surface area contributed by atoms with Crippen molar-refractivity contribution >= 4 is 47.8 Å². The minimum Gasteiger partial charge on any atom is -0.463 e. The smallest absolute Gasteiger partial charge is 0.305 e. The molecule has 0 spiro atoms. The summed E-state index contributed by atoms with van der Waals surface area (Å²) < 4.78 is 60.2. The molecule has 2 aliphatic rings. The number of hydrogen-bond acceptors (Lipinski definition) is 19. The molecule has 0 radical (unpaired) electrons. The molecule has 0 saturated carbocycles. The molecule has 0 aromatic rings. The molecular weight excluding hydrogens is 640 g/mol. The van der Waals surface area contributed by atoms with Gasteiger partial charge >= 0.3 is 47.8 Å². The van der Waals surface area contributed by atoms with Gasteiger partial charge in [-0.05, 0) is 0 Å². The predicted molar refractivity (Wildman–Crippen MR) is 145 cm³/mol. The number of esters is 8. The van der Waals surface area contributed by atoms with Crippen LogP contribution in [0.4, 0.5) is 0 Å². The second kappa shape index (κ2) is 17.5. The second-order valence-corrected chi connectivity index (χ2v) is 10.3. The zero-order valence-corrected chi connectivity index (χ0v) is 26.9. The quantitative estimate of drug-likeness (QED) is 0.181.